The van der Waals surface area contributed by atoms with Gasteiger partial charge in [0.15, 0.2) is 0 Å². The number of halogens is 3. The highest BCUT2D eigenvalue weighted by molar-refractivity contribution is 6.05. The Morgan fingerprint density at radius 1 is 1.03 bits per heavy atom. The quantitative estimate of drug-likeness (QED) is 0.746. The number of amides is 1. The molecule has 2 aromatic carbocycles. The first kappa shape index (κ1) is 22.0. The Balaban J connectivity index is 1.82. The molecule has 5 nitrogen and oxygen atoms in total. The molecular weight excluding hydrogens is 393 g/mol. The minimum atomic E-state index is -4.46. The van der Waals surface area contributed by atoms with Crippen LogP contribution in [-0.2, 0) is 6.18 Å². The van der Waals surface area contributed by atoms with Crippen LogP contribution in [0, 0.1) is 0 Å². The van der Waals surface area contributed by atoms with Gasteiger partial charge in [0.2, 0.25) is 0 Å². The van der Waals surface area contributed by atoms with Crippen LogP contribution in [0.1, 0.15) is 29.8 Å². The monoisotopic (exact) mass is 420 g/mol. The Bertz CT molecular complexity index is 890. The fraction of sp³-hybridized carbons (Fsp3) is 0.409. The Kier molecular flexibility index (Phi) is 6.55. The Morgan fingerprint density at radius 3 is 2.37 bits per heavy atom. The number of piperazine rings is 1. The van der Waals surface area contributed by atoms with Gasteiger partial charge in [0, 0.05) is 43.5 Å². The van der Waals surface area contributed by atoms with Gasteiger partial charge in [-0.3, -0.25) is 4.79 Å². The molecule has 3 rings (SSSR count). The first-order valence-electron chi connectivity index (χ1n) is 9.96. The van der Waals surface area contributed by atoms with Crippen LogP contribution in [-0.4, -0.2) is 50.1 Å². The van der Waals surface area contributed by atoms with E-state index in [9.17, 15) is 18.0 Å². The molecule has 2 N–H and O–H groups in total. The number of rotatable bonds is 5. The van der Waals surface area contributed by atoms with E-state index in [4.69, 9.17) is 0 Å². The molecule has 0 unspecified atom stereocenters. The summed E-state index contributed by atoms with van der Waals surface area (Å²) < 4.78 is 38.8. The number of nitrogens with one attached hydrogen (secondary N) is 2. The zero-order valence-electron chi connectivity index (χ0n) is 17.4. The smallest absolute Gasteiger partial charge is 0.381 e. The average molecular weight is 420 g/mol. The maximum absolute atomic E-state index is 12.9. The van der Waals surface area contributed by atoms with Gasteiger partial charge in [0.1, 0.15) is 0 Å². The molecule has 30 heavy (non-hydrogen) atoms. The highest BCUT2D eigenvalue weighted by Gasteiger charge is 2.30. The van der Waals surface area contributed by atoms with E-state index in [1.807, 2.05) is 19.9 Å². The van der Waals surface area contributed by atoms with Gasteiger partial charge in [-0.15, -0.1) is 0 Å². The zero-order valence-corrected chi connectivity index (χ0v) is 17.4. The normalized spacial score (nSPS) is 15.4. The van der Waals surface area contributed by atoms with Crippen molar-refractivity contribution in [2.45, 2.75) is 26.1 Å². The van der Waals surface area contributed by atoms with E-state index in [1.54, 1.807) is 12.1 Å². The largest absolute Gasteiger partial charge is 0.416 e. The van der Waals surface area contributed by atoms with E-state index in [-0.39, 0.29) is 11.7 Å². The molecule has 2 aromatic rings. The lowest BCUT2D eigenvalue weighted by Gasteiger charge is -2.35. The Hall–Kier alpha value is -2.74. The predicted octanol–water partition coefficient (Wildman–Crippen LogP) is 4.53. The number of carbonyl (C=O) groups is 1. The average Bonchev–Trinajstić information content (AvgIpc) is 2.68. The van der Waals surface area contributed by atoms with Gasteiger partial charge in [0.05, 0.1) is 16.9 Å². The first-order valence-corrected chi connectivity index (χ1v) is 9.96. The number of anilines is 3. The zero-order chi connectivity index (χ0) is 21.9. The van der Waals surface area contributed by atoms with Crippen LogP contribution in [0.15, 0.2) is 42.5 Å². The van der Waals surface area contributed by atoms with E-state index in [2.05, 4.69) is 27.5 Å². The van der Waals surface area contributed by atoms with Crippen molar-refractivity contribution in [1.29, 1.82) is 0 Å². The molecule has 1 amide bonds. The molecule has 8 heteroatoms. The standard InChI is InChI=1S/C22H27F3N4O/c1-15(2)26-19-13-16(7-8-20(19)29-11-9-28(3)10-12-29)21(30)27-18-6-4-5-17(14-18)22(23,24)25/h4-8,13-15,26H,9-12H2,1-3H3,(H,27,30). The van der Waals surface area contributed by atoms with Gasteiger partial charge in [-0.1, -0.05) is 6.07 Å². The topological polar surface area (TPSA) is 47.6 Å². The lowest BCUT2D eigenvalue weighted by Crippen LogP contribution is -2.44. The molecule has 0 saturated carbocycles. The van der Waals surface area contributed by atoms with E-state index in [0.717, 1.165) is 49.7 Å². The summed E-state index contributed by atoms with van der Waals surface area (Å²) in [4.78, 5) is 17.2. The van der Waals surface area contributed by atoms with E-state index in [1.165, 1.54) is 12.1 Å². The lowest BCUT2D eigenvalue weighted by atomic mass is 10.1. The number of nitrogens with zero attached hydrogens (tertiary/aromatic N) is 2. The molecule has 0 atom stereocenters. The van der Waals surface area contributed by atoms with E-state index in [0.29, 0.717) is 5.56 Å². The fourth-order valence-corrected chi connectivity index (χ4v) is 3.40. The highest BCUT2D eigenvalue weighted by atomic mass is 19.4. The summed E-state index contributed by atoms with van der Waals surface area (Å²) in [6.07, 6.45) is -4.46. The van der Waals surface area contributed by atoms with Crippen molar-refractivity contribution in [3.63, 3.8) is 0 Å². The number of benzene rings is 2. The summed E-state index contributed by atoms with van der Waals surface area (Å²) >= 11 is 0. The number of alkyl halides is 3. The van der Waals surface area contributed by atoms with Crippen molar-refractivity contribution in [3.8, 4) is 0 Å². The van der Waals surface area contributed by atoms with Crippen LogP contribution in [0.5, 0.6) is 0 Å². The third-order valence-electron chi connectivity index (χ3n) is 4.99. The predicted molar refractivity (Wildman–Crippen MR) is 114 cm³/mol. The molecule has 162 valence electrons. The molecule has 1 saturated heterocycles. The second kappa shape index (κ2) is 8.95. The summed E-state index contributed by atoms with van der Waals surface area (Å²) in [6.45, 7) is 7.72. The molecule has 0 spiro atoms. The molecular formula is C22H27F3N4O. The molecule has 1 aliphatic heterocycles. The van der Waals surface area contributed by atoms with Crippen molar-refractivity contribution in [2.75, 3.05) is 48.8 Å². The number of hydrogen-bond acceptors (Lipinski definition) is 4. The van der Waals surface area contributed by atoms with Crippen molar-refractivity contribution < 1.29 is 18.0 Å². The first-order chi connectivity index (χ1) is 14.1. The van der Waals surface area contributed by atoms with Crippen molar-refractivity contribution in [3.05, 3.63) is 53.6 Å². The van der Waals surface area contributed by atoms with Crippen molar-refractivity contribution >= 4 is 23.0 Å². The van der Waals surface area contributed by atoms with Crippen LogP contribution in [0.2, 0.25) is 0 Å². The third-order valence-corrected chi connectivity index (χ3v) is 4.99. The SMILES string of the molecule is CC(C)Nc1cc(C(=O)Nc2cccc(C(F)(F)F)c2)ccc1N1CCN(C)CC1. The van der Waals surface area contributed by atoms with Gasteiger partial charge in [0.25, 0.3) is 5.91 Å². The van der Waals surface area contributed by atoms with Gasteiger partial charge < -0.3 is 20.4 Å². The second-order valence-electron chi connectivity index (χ2n) is 7.85. The van der Waals surface area contributed by atoms with Gasteiger partial charge in [-0.25, -0.2) is 0 Å². The van der Waals surface area contributed by atoms with E-state index >= 15 is 0 Å². The summed E-state index contributed by atoms with van der Waals surface area (Å²) in [7, 11) is 2.09. The molecule has 0 aliphatic carbocycles. The lowest BCUT2D eigenvalue weighted by molar-refractivity contribution is -0.137. The van der Waals surface area contributed by atoms with E-state index < -0.39 is 17.6 Å². The summed E-state index contributed by atoms with van der Waals surface area (Å²) in [5.74, 6) is -0.453. The number of likely N-dealkylation sites (N-methyl/N-ethyl adjacent to an activating group) is 1. The molecule has 1 fully saturated rings. The maximum atomic E-state index is 12.9. The summed E-state index contributed by atoms with van der Waals surface area (Å²) in [5, 5.41) is 5.96. The minimum Gasteiger partial charge on any atom is -0.381 e. The highest BCUT2D eigenvalue weighted by Crippen LogP contribution is 2.32. The minimum absolute atomic E-state index is 0.108. The molecule has 0 radical (unpaired) electrons. The molecule has 1 aliphatic rings. The van der Waals surface area contributed by atoms with Crippen molar-refractivity contribution in [2.24, 2.45) is 0 Å². The second-order valence-corrected chi connectivity index (χ2v) is 7.85. The van der Waals surface area contributed by atoms with Crippen LogP contribution in [0.25, 0.3) is 0 Å². The van der Waals surface area contributed by atoms with Gasteiger partial charge in [-0.05, 0) is 57.3 Å². The van der Waals surface area contributed by atoms with Gasteiger partial charge in [-0.2, -0.15) is 13.2 Å². The molecule has 1 heterocycles. The van der Waals surface area contributed by atoms with Crippen LogP contribution >= 0.6 is 0 Å². The summed E-state index contributed by atoms with van der Waals surface area (Å²) in [5.41, 5.74) is 1.55. The van der Waals surface area contributed by atoms with Gasteiger partial charge >= 0.3 is 6.18 Å². The maximum Gasteiger partial charge on any atom is 0.416 e. The molecule has 0 bridgehead atoms. The molecule has 0 aromatic heterocycles. The van der Waals surface area contributed by atoms with Crippen LogP contribution < -0.4 is 15.5 Å². The van der Waals surface area contributed by atoms with Crippen molar-refractivity contribution in [1.82, 2.24) is 4.90 Å². The van der Waals surface area contributed by atoms with Crippen LogP contribution in [0.3, 0.4) is 0 Å². The summed E-state index contributed by atoms with van der Waals surface area (Å²) in [6, 6.07) is 10.2. The third kappa shape index (κ3) is 5.44. The number of hydrogen-bond donors (Lipinski definition) is 2. The Morgan fingerprint density at radius 2 is 1.73 bits per heavy atom. The van der Waals surface area contributed by atoms with Crippen LogP contribution in [0.4, 0.5) is 30.2 Å². The fourth-order valence-electron chi connectivity index (χ4n) is 3.40. The number of carbonyl (C=O) groups excluding carboxylic acids is 1. The Labute approximate surface area is 174 Å².